The molecule has 0 bridgehead atoms. The van der Waals surface area contributed by atoms with Crippen LogP contribution in [0.5, 0.6) is 0 Å². The lowest BCUT2D eigenvalue weighted by Crippen LogP contribution is -2.08. The van der Waals surface area contributed by atoms with Gasteiger partial charge in [-0.05, 0) is 17.7 Å². The number of nitrogens with zero attached hydrogens (tertiary/aromatic N) is 1. The highest BCUT2D eigenvalue weighted by Gasteiger charge is 1.95. The van der Waals surface area contributed by atoms with E-state index in [2.05, 4.69) is 10.4 Å². The van der Waals surface area contributed by atoms with Crippen LogP contribution in [-0.2, 0) is 5.75 Å². The Hall–Kier alpha value is -0.780. The average molecular weight is 199 g/mol. The quantitative estimate of drug-likeness (QED) is 0.368. The molecule has 0 amide bonds. The number of pyridine rings is 1. The molecule has 5 heteroatoms. The number of nitrogens with two attached hydrogens (primary N) is 1. The third-order valence-corrected chi connectivity index (χ3v) is 2.49. The number of nitrogen functional groups attached to an aromatic ring is 1. The monoisotopic (exact) mass is 199 g/mol. The van der Waals surface area contributed by atoms with E-state index in [-0.39, 0.29) is 6.61 Å². The summed E-state index contributed by atoms with van der Waals surface area (Å²) in [6.45, 7) is 0.220. The molecule has 0 aromatic carbocycles. The van der Waals surface area contributed by atoms with Crippen molar-refractivity contribution in [3.8, 4) is 0 Å². The average Bonchev–Trinajstić information content (AvgIpc) is 2.19. The number of thioether (sulfide) groups is 1. The minimum atomic E-state index is 0.220. The number of hydrogen-bond acceptors (Lipinski definition) is 5. The first-order valence-corrected chi connectivity index (χ1v) is 5.12. The van der Waals surface area contributed by atoms with E-state index in [0.29, 0.717) is 5.82 Å². The molecule has 4 N–H and O–H groups in total. The Morgan fingerprint density at radius 3 is 3.15 bits per heavy atom. The first-order chi connectivity index (χ1) is 6.36. The Balaban J connectivity index is 2.46. The summed E-state index contributed by atoms with van der Waals surface area (Å²) in [5.74, 6) is 7.51. The van der Waals surface area contributed by atoms with Gasteiger partial charge in [-0.1, -0.05) is 0 Å². The van der Waals surface area contributed by atoms with Gasteiger partial charge in [0, 0.05) is 17.7 Å². The third-order valence-electron chi connectivity index (χ3n) is 1.48. The van der Waals surface area contributed by atoms with Crippen LogP contribution in [0.4, 0.5) is 5.82 Å². The Morgan fingerprint density at radius 2 is 2.46 bits per heavy atom. The van der Waals surface area contributed by atoms with Crippen molar-refractivity contribution in [1.82, 2.24) is 4.98 Å². The normalized spacial score (nSPS) is 10.0. The Morgan fingerprint density at radius 1 is 1.62 bits per heavy atom. The second kappa shape index (κ2) is 5.80. The van der Waals surface area contributed by atoms with Crippen molar-refractivity contribution in [2.45, 2.75) is 5.75 Å². The summed E-state index contributed by atoms with van der Waals surface area (Å²) in [4.78, 5) is 3.99. The smallest absolute Gasteiger partial charge is 0.140 e. The fourth-order valence-corrected chi connectivity index (χ4v) is 1.59. The van der Waals surface area contributed by atoms with E-state index < -0.39 is 0 Å². The highest BCUT2D eigenvalue weighted by atomic mass is 32.2. The number of aliphatic hydroxyl groups is 1. The zero-order valence-corrected chi connectivity index (χ0v) is 8.05. The van der Waals surface area contributed by atoms with E-state index >= 15 is 0 Å². The van der Waals surface area contributed by atoms with Crippen LogP contribution in [0.2, 0.25) is 0 Å². The van der Waals surface area contributed by atoms with Crippen molar-refractivity contribution in [3.63, 3.8) is 0 Å². The summed E-state index contributed by atoms with van der Waals surface area (Å²) in [6.07, 6.45) is 1.71. The number of aromatic nitrogens is 1. The second-order valence-electron chi connectivity index (χ2n) is 2.47. The van der Waals surface area contributed by atoms with Gasteiger partial charge in [0.15, 0.2) is 0 Å². The highest BCUT2D eigenvalue weighted by Crippen LogP contribution is 2.13. The standard InChI is InChI=1S/C8H13N3OS/c9-11-8-5-7(1-2-10-8)6-13-4-3-12/h1-2,5,12H,3-4,6,9H2,(H,10,11). The van der Waals surface area contributed by atoms with Crippen molar-refractivity contribution in [1.29, 1.82) is 0 Å². The largest absolute Gasteiger partial charge is 0.396 e. The Labute approximate surface area is 81.5 Å². The van der Waals surface area contributed by atoms with Gasteiger partial charge in [-0.25, -0.2) is 10.8 Å². The van der Waals surface area contributed by atoms with Gasteiger partial charge in [0.2, 0.25) is 0 Å². The molecule has 1 rings (SSSR count). The van der Waals surface area contributed by atoms with E-state index in [1.807, 2.05) is 12.1 Å². The van der Waals surface area contributed by atoms with E-state index in [1.165, 1.54) is 0 Å². The maximum absolute atomic E-state index is 8.58. The summed E-state index contributed by atoms with van der Waals surface area (Å²) >= 11 is 1.68. The van der Waals surface area contributed by atoms with E-state index in [9.17, 15) is 0 Å². The molecular formula is C8H13N3OS. The number of hydrazine groups is 1. The van der Waals surface area contributed by atoms with Gasteiger partial charge < -0.3 is 10.5 Å². The molecule has 0 aliphatic rings. The van der Waals surface area contributed by atoms with Crippen molar-refractivity contribution >= 4 is 17.6 Å². The molecule has 13 heavy (non-hydrogen) atoms. The maximum Gasteiger partial charge on any atom is 0.140 e. The number of anilines is 1. The Bertz CT molecular complexity index is 257. The molecule has 0 saturated heterocycles. The fraction of sp³-hybridized carbons (Fsp3) is 0.375. The second-order valence-corrected chi connectivity index (χ2v) is 3.58. The predicted octanol–water partition coefficient (Wildman–Crippen LogP) is 0.593. The van der Waals surface area contributed by atoms with Gasteiger partial charge in [-0.15, -0.1) is 0 Å². The van der Waals surface area contributed by atoms with Crippen LogP contribution in [0.25, 0.3) is 0 Å². The molecule has 72 valence electrons. The lowest BCUT2D eigenvalue weighted by Gasteiger charge is -2.02. The van der Waals surface area contributed by atoms with Crippen LogP contribution >= 0.6 is 11.8 Å². The molecule has 1 aromatic heterocycles. The molecule has 0 aliphatic carbocycles. The summed E-state index contributed by atoms with van der Waals surface area (Å²) in [7, 11) is 0. The van der Waals surface area contributed by atoms with Crippen molar-refractivity contribution in [2.75, 3.05) is 17.8 Å². The molecule has 0 atom stereocenters. The third kappa shape index (κ3) is 3.63. The number of aliphatic hydroxyl groups excluding tert-OH is 1. The van der Waals surface area contributed by atoms with Gasteiger partial charge in [-0.3, -0.25) is 0 Å². The van der Waals surface area contributed by atoms with E-state index in [1.54, 1.807) is 18.0 Å². The number of nitrogens with one attached hydrogen (secondary N) is 1. The molecule has 0 radical (unpaired) electrons. The zero-order chi connectivity index (χ0) is 9.52. The Kier molecular flexibility index (Phi) is 4.59. The van der Waals surface area contributed by atoms with Crippen LogP contribution in [0.15, 0.2) is 18.3 Å². The lowest BCUT2D eigenvalue weighted by molar-refractivity contribution is 0.322. The van der Waals surface area contributed by atoms with Crippen LogP contribution in [0.1, 0.15) is 5.56 Å². The molecule has 0 unspecified atom stereocenters. The molecule has 1 heterocycles. The van der Waals surface area contributed by atoms with Gasteiger partial charge >= 0.3 is 0 Å². The highest BCUT2D eigenvalue weighted by molar-refractivity contribution is 7.98. The molecule has 4 nitrogen and oxygen atoms in total. The fourth-order valence-electron chi connectivity index (χ4n) is 0.898. The van der Waals surface area contributed by atoms with E-state index in [4.69, 9.17) is 10.9 Å². The van der Waals surface area contributed by atoms with Crippen LogP contribution in [0, 0.1) is 0 Å². The predicted molar refractivity (Wildman–Crippen MR) is 55.3 cm³/mol. The SMILES string of the molecule is NNc1cc(CSCCO)ccn1. The van der Waals surface area contributed by atoms with Gasteiger partial charge in [0.1, 0.15) is 5.82 Å². The van der Waals surface area contributed by atoms with E-state index in [0.717, 1.165) is 17.1 Å². The molecule has 0 aliphatic heterocycles. The first-order valence-electron chi connectivity index (χ1n) is 3.97. The number of rotatable bonds is 5. The van der Waals surface area contributed by atoms with Crippen LogP contribution < -0.4 is 11.3 Å². The zero-order valence-electron chi connectivity index (χ0n) is 7.23. The molecule has 1 aromatic rings. The van der Waals surface area contributed by atoms with Crippen LogP contribution in [-0.4, -0.2) is 22.5 Å². The van der Waals surface area contributed by atoms with Gasteiger partial charge in [0.05, 0.1) is 6.61 Å². The maximum atomic E-state index is 8.58. The lowest BCUT2D eigenvalue weighted by atomic mass is 10.3. The van der Waals surface area contributed by atoms with Gasteiger partial charge in [0.25, 0.3) is 0 Å². The molecular weight excluding hydrogens is 186 g/mol. The van der Waals surface area contributed by atoms with Crippen molar-refractivity contribution in [2.24, 2.45) is 5.84 Å². The minimum Gasteiger partial charge on any atom is -0.396 e. The molecule has 0 spiro atoms. The van der Waals surface area contributed by atoms with Crippen molar-refractivity contribution in [3.05, 3.63) is 23.9 Å². The molecule has 0 fully saturated rings. The summed E-state index contributed by atoms with van der Waals surface area (Å²) in [6, 6.07) is 3.83. The topological polar surface area (TPSA) is 71.2 Å². The van der Waals surface area contributed by atoms with Gasteiger partial charge in [-0.2, -0.15) is 11.8 Å². The van der Waals surface area contributed by atoms with Crippen LogP contribution in [0.3, 0.4) is 0 Å². The minimum absolute atomic E-state index is 0.220. The summed E-state index contributed by atoms with van der Waals surface area (Å²) in [5, 5.41) is 8.58. The summed E-state index contributed by atoms with van der Waals surface area (Å²) in [5.41, 5.74) is 3.64. The summed E-state index contributed by atoms with van der Waals surface area (Å²) < 4.78 is 0. The molecule has 0 saturated carbocycles. The van der Waals surface area contributed by atoms with Crippen molar-refractivity contribution < 1.29 is 5.11 Å². The first kappa shape index (κ1) is 10.3. The number of hydrogen-bond donors (Lipinski definition) is 3.